The highest BCUT2D eigenvalue weighted by molar-refractivity contribution is 5.18. The Balaban J connectivity index is 1.76. The van der Waals surface area contributed by atoms with Crippen LogP contribution in [0.4, 0.5) is 0 Å². The highest BCUT2D eigenvalue weighted by Gasteiger charge is 2.36. The van der Waals surface area contributed by atoms with Gasteiger partial charge < -0.3 is 9.84 Å². The lowest BCUT2D eigenvalue weighted by Crippen LogP contribution is -2.39. The van der Waals surface area contributed by atoms with E-state index in [2.05, 4.69) is 41.4 Å². The number of nitrogens with zero attached hydrogens (tertiary/aromatic N) is 2. The van der Waals surface area contributed by atoms with Crippen LogP contribution < -0.4 is 5.32 Å². The van der Waals surface area contributed by atoms with Crippen molar-refractivity contribution in [1.82, 2.24) is 15.5 Å². The molecular formula is C16H21N3O. The second-order valence-corrected chi connectivity index (χ2v) is 6.19. The van der Waals surface area contributed by atoms with E-state index in [1.165, 1.54) is 18.4 Å². The van der Waals surface area contributed by atoms with Gasteiger partial charge in [0, 0.05) is 6.42 Å². The van der Waals surface area contributed by atoms with Crippen LogP contribution in [0.2, 0.25) is 0 Å². The summed E-state index contributed by atoms with van der Waals surface area (Å²) in [6.07, 6.45) is 3.10. The Kier molecular flexibility index (Phi) is 3.57. The monoisotopic (exact) mass is 271 g/mol. The fraction of sp³-hybridized carbons (Fsp3) is 0.500. The van der Waals surface area contributed by atoms with Gasteiger partial charge in [-0.2, -0.15) is 4.98 Å². The lowest BCUT2D eigenvalue weighted by Gasteiger charge is -2.36. The van der Waals surface area contributed by atoms with Crippen LogP contribution in [0.25, 0.3) is 0 Å². The summed E-state index contributed by atoms with van der Waals surface area (Å²) in [6.45, 7) is 5.53. The van der Waals surface area contributed by atoms with Crippen LogP contribution >= 0.6 is 0 Å². The molecule has 0 radical (unpaired) electrons. The van der Waals surface area contributed by atoms with E-state index < -0.39 is 0 Å². The summed E-state index contributed by atoms with van der Waals surface area (Å²) >= 11 is 0. The molecule has 106 valence electrons. The largest absolute Gasteiger partial charge is 0.338 e. The van der Waals surface area contributed by atoms with Crippen LogP contribution in [-0.4, -0.2) is 16.7 Å². The number of hydrogen-bond acceptors (Lipinski definition) is 4. The molecule has 1 aliphatic rings. The predicted octanol–water partition coefficient (Wildman–Crippen LogP) is 3.11. The molecule has 1 aromatic carbocycles. The third-order valence-electron chi connectivity index (χ3n) is 4.06. The fourth-order valence-corrected chi connectivity index (χ4v) is 2.87. The van der Waals surface area contributed by atoms with E-state index in [-0.39, 0.29) is 11.5 Å². The second kappa shape index (κ2) is 5.37. The summed E-state index contributed by atoms with van der Waals surface area (Å²) in [4.78, 5) is 4.58. The Bertz CT molecular complexity index is 562. The maximum absolute atomic E-state index is 5.49. The molecular weight excluding hydrogens is 250 g/mol. The third-order valence-corrected chi connectivity index (χ3v) is 4.06. The molecule has 1 aromatic heterocycles. The first-order chi connectivity index (χ1) is 9.65. The van der Waals surface area contributed by atoms with Gasteiger partial charge in [-0.15, -0.1) is 0 Å². The minimum absolute atomic E-state index is 0.160. The van der Waals surface area contributed by atoms with Crippen LogP contribution in [0, 0.1) is 5.41 Å². The molecule has 1 saturated heterocycles. The molecule has 0 spiro atoms. The van der Waals surface area contributed by atoms with E-state index in [1.807, 2.05) is 18.2 Å². The van der Waals surface area contributed by atoms with Crippen molar-refractivity contribution in [2.45, 2.75) is 39.2 Å². The number of rotatable bonds is 3. The Morgan fingerprint density at radius 2 is 2.10 bits per heavy atom. The van der Waals surface area contributed by atoms with Gasteiger partial charge in [-0.25, -0.2) is 0 Å². The Hall–Kier alpha value is -1.68. The van der Waals surface area contributed by atoms with Gasteiger partial charge in [-0.3, -0.25) is 0 Å². The molecule has 0 amide bonds. The Labute approximate surface area is 119 Å². The van der Waals surface area contributed by atoms with Crippen LogP contribution in [0.3, 0.4) is 0 Å². The highest BCUT2D eigenvalue weighted by Crippen LogP contribution is 2.39. The van der Waals surface area contributed by atoms with Crippen LogP contribution in [0.5, 0.6) is 0 Å². The van der Waals surface area contributed by atoms with Crippen molar-refractivity contribution in [3.63, 3.8) is 0 Å². The zero-order valence-electron chi connectivity index (χ0n) is 12.1. The van der Waals surface area contributed by atoms with Crippen molar-refractivity contribution in [3.8, 4) is 0 Å². The summed E-state index contributed by atoms with van der Waals surface area (Å²) in [5, 5.41) is 7.63. The first kappa shape index (κ1) is 13.3. The smallest absolute Gasteiger partial charge is 0.244 e. The van der Waals surface area contributed by atoms with Crippen LogP contribution in [0.15, 0.2) is 34.9 Å². The second-order valence-electron chi connectivity index (χ2n) is 6.19. The van der Waals surface area contributed by atoms with E-state index in [9.17, 15) is 0 Å². The quantitative estimate of drug-likeness (QED) is 0.932. The maximum Gasteiger partial charge on any atom is 0.244 e. The van der Waals surface area contributed by atoms with Gasteiger partial charge in [0.1, 0.15) is 0 Å². The molecule has 1 aliphatic heterocycles. The standard InChI is InChI=1S/C16H21N3O/c1-16(2)9-6-10-17-14(16)15-18-13(19-20-15)11-12-7-4-3-5-8-12/h3-5,7-8,14,17H,6,9-11H2,1-2H3. The minimum atomic E-state index is 0.160. The van der Waals surface area contributed by atoms with Crippen LogP contribution in [-0.2, 0) is 6.42 Å². The molecule has 0 saturated carbocycles. The van der Waals surface area contributed by atoms with Gasteiger partial charge in [0.15, 0.2) is 5.82 Å². The first-order valence-corrected chi connectivity index (χ1v) is 7.25. The molecule has 20 heavy (non-hydrogen) atoms. The third kappa shape index (κ3) is 2.75. The van der Waals surface area contributed by atoms with Gasteiger partial charge >= 0.3 is 0 Å². The summed E-state index contributed by atoms with van der Waals surface area (Å²) in [6, 6.07) is 10.4. The number of benzene rings is 1. The van der Waals surface area contributed by atoms with Crippen molar-refractivity contribution in [3.05, 3.63) is 47.6 Å². The first-order valence-electron chi connectivity index (χ1n) is 7.25. The maximum atomic E-state index is 5.49. The van der Waals surface area contributed by atoms with Crippen molar-refractivity contribution in [2.24, 2.45) is 5.41 Å². The van der Waals surface area contributed by atoms with Gasteiger partial charge in [-0.05, 0) is 30.4 Å². The summed E-state index contributed by atoms with van der Waals surface area (Å²) in [5.41, 5.74) is 1.37. The van der Waals surface area contributed by atoms with Crippen molar-refractivity contribution in [1.29, 1.82) is 0 Å². The number of piperidine rings is 1. The normalized spacial score (nSPS) is 21.8. The average molecular weight is 271 g/mol. The summed E-state index contributed by atoms with van der Waals surface area (Å²) in [5.74, 6) is 1.48. The van der Waals surface area contributed by atoms with Gasteiger partial charge in [0.05, 0.1) is 6.04 Å². The molecule has 2 heterocycles. The zero-order valence-corrected chi connectivity index (χ0v) is 12.1. The van der Waals surface area contributed by atoms with Crippen molar-refractivity contribution >= 4 is 0 Å². The lowest BCUT2D eigenvalue weighted by atomic mass is 9.77. The SMILES string of the molecule is CC1(C)CCCNC1c1nc(Cc2ccccc2)no1. The molecule has 0 bridgehead atoms. The summed E-state index contributed by atoms with van der Waals surface area (Å²) < 4.78 is 5.49. The molecule has 4 heteroatoms. The lowest BCUT2D eigenvalue weighted by molar-refractivity contribution is 0.146. The molecule has 1 fully saturated rings. The molecule has 1 N–H and O–H groups in total. The number of nitrogens with one attached hydrogen (secondary N) is 1. The van der Waals surface area contributed by atoms with Crippen molar-refractivity contribution < 1.29 is 4.52 Å². The molecule has 3 rings (SSSR count). The van der Waals surface area contributed by atoms with E-state index in [4.69, 9.17) is 4.52 Å². The van der Waals surface area contributed by atoms with E-state index >= 15 is 0 Å². The molecule has 0 aliphatic carbocycles. The fourth-order valence-electron chi connectivity index (χ4n) is 2.87. The zero-order chi connectivity index (χ0) is 14.0. The number of aromatic nitrogens is 2. The topological polar surface area (TPSA) is 51.0 Å². The van der Waals surface area contributed by atoms with E-state index in [0.717, 1.165) is 24.7 Å². The Morgan fingerprint density at radius 1 is 1.30 bits per heavy atom. The molecule has 1 unspecified atom stereocenters. The Morgan fingerprint density at radius 3 is 2.85 bits per heavy atom. The van der Waals surface area contributed by atoms with Gasteiger partial charge in [-0.1, -0.05) is 49.3 Å². The van der Waals surface area contributed by atoms with Crippen molar-refractivity contribution in [2.75, 3.05) is 6.54 Å². The minimum Gasteiger partial charge on any atom is -0.338 e. The van der Waals surface area contributed by atoms with Crippen LogP contribution in [0.1, 0.15) is 50.0 Å². The van der Waals surface area contributed by atoms with Gasteiger partial charge in [0.2, 0.25) is 5.89 Å². The van der Waals surface area contributed by atoms with Gasteiger partial charge in [0.25, 0.3) is 0 Å². The van der Waals surface area contributed by atoms with E-state index in [0.29, 0.717) is 0 Å². The highest BCUT2D eigenvalue weighted by atomic mass is 16.5. The number of hydrogen-bond donors (Lipinski definition) is 1. The molecule has 1 atom stereocenters. The average Bonchev–Trinajstić information content (AvgIpc) is 2.87. The summed E-state index contributed by atoms with van der Waals surface area (Å²) in [7, 11) is 0. The predicted molar refractivity (Wildman–Crippen MR) is 77.3 cm³/mol. The van der Waals surface area contributed by atoms with E-state index in [1.54, 1.807) is 0 Å². The molecule has 4 nitrogen and oxygen atoms in total. The molecule has 2 aromatic rings.